The minimum atomic E-state index is -0.934. The van der Waals surface area contributed by atoms with Gasteiger partial charge in [0.25, 0.3) is 0 Å². The number of rotatable bonds is 6. The molecule has 1 aromatic carbocycles. The van der Waals surface area contributed by atoms with Crippen molar-refractivity contribution < 1.29 is 9.32 Å². The molecule has 2 unspecified atom stereocenters. The number of aromatic nitrogens is 2. The van der Waals surface area contributed by atoms with Gasteiger partial charge in [0, 0.05) is 36.6 Å². The summed E-state index contributed by atoms with van der Waals surface area (Å²) in [7, 11) is 0.982. The van der Waals surface area contributed by atoms with E-state index in [0.29, 0.717) is 5.75 Å². The number of imidazole rings is 1. The maximum absolute atomic E-state index is 12.3. The zero-order valence-electron chi connectivity index (χ0n) is 14.0. The van der Waals surface area contributed by atoms with Gasteiger partial charge in [0.05, 0.1) is 10.8 Å². The van der Waals surface area contributed by atoms with E-state index in [1.807, 2.05) is 48.1 Å². The quantitative estimate of drug-likeness (QED) is 0.868. The molecule has 0 radical (unpaired) electrons. The number of piperidine rings is 1. The summed E-state index contributed by atoms with van der Waals surface area (Å²) in [5, 5.41) is 10.5. The van der Waals surface area contributed by atoms with Gasteiger partial charge in [-0.15, -0.1) is 0 Å². The van der Waals surface area contributed by atoms with Crippen molar-refractivity contribution in [2.24, 2.45) is 13.0 Å². The topological polar surface area (TPSA) is 58.4 Å². The van der Waals surface area contributed by atoms with Crippen LogP contribution in [-0.4, -0.2) is 49.2 Å². The zero-order valence-corrected chi connectivity index (χ0v) is 14.9. The van der Waals surface area contributed by atoms with Crippen molar-refractivity contribution in [3.8, 4) is 0 Å². The van der Waals surface area contributed by atoms with Gasteiger partial charge in [-0.05, 0) is 44.0 Å². The average Bonchev–Trinajstić information content (AvgIpc) is 3.06. The Hall–Kier alpha value is -1.50. The summed E-state index contributed by atoms with van der Waals surface area (Å²) in [6, 6.07) is 9.64. The first-order valence-corrected chi connectivity index (χ1v) is 9.78. The molecule has 24 heavy (non-hydrogen) atoms. The highest BCUT2D eigenvalue weighted by atomic mass is 32.2. The molecule has 2 aromatic rings. The lowest BCUT2D eigenvalue weighted by Gasteiger charge is -2.33. The molecular formula is C18H25N3O2S. The number of aryl methyl sites for hydroxylation is 1. The van der Waals surface area contributed by atoms with Crippen molar-refractivity contribution in [3.05, 3.63) is 48.5 Å². The molecule has 130 valence electrons. The van der Waals surface area contributed by atoms with Crippen LogP contribution in [0.4, 0.5) is 0 Å². The molecule has 1 saturated heterocycles. The number of hydrogen-bond donors (Lipinski definition) is 1. The molecule has 1 N–H and O–H groups in total. The van der Waals surface area contributed by atoms with Gasteiger partial charge in [-0.3, -0.25) is 4.21 Å². The first-order valence-electron chi connectivity index (χ1n) is 8.46. The highest BCUT2D eigenvalue weighted by Crippen LogP contribution is 2.29. The summed E-state index contributed by atoms with van der Waals surface area (Å²) < 4.78 is 14.2. The van der Waals surface area contributed by atoms with Crippen molar-refractivity contribution >= 4 is 10.8 Å². The van der Waals surface area contributed by atoms with Crippen molar-refractivity contribution in [1.29, 1.82) is 0 Å². The molecule has 0 aliphatic carbocycles. The molecule has 1 aliphatic rings. The van der Waals surface area contributed by atoms with Crippen LogP contribution >= 0.6 is 0 Å². The number of benzene rings is 1. The maximum Gasteiger partial charge on any atom is 0.137 e. The Morgan fingerprint density at radius 1 is 1.29 bits per heavy atom. The molecule has 0 spiro atoms. The molecule has 3 rings (SSSR count). The highest BCUT2D eigenvalue weighted by Gasteiger charge is 2.28. The fourth-order valence-electron chi connectivity index (χ4n) is 3.27. The lowest BCUT2D eigenvalue weighted by atomic mass is 9.91. The standard InChI is InChI=1S/C18H25N3O2S/c1-20-12-9-19-18(20)17(22)15-7-10-21(11-8-15)13-14-24(23)16-5-3-2-4-6-16/h2-6,9,12,15,17,22H,7-8,10-11,13-14H2,1H3. The molecule has 2 heterocycles. The van der Waals surface area contributed by atoms with Gasteiger partial charge in [0.1, 0.15) is 11.9 Å². The smallest absolute Gasteiger partial charge is 0.137 e. The van der Waals surface area contributed by atoms with Crippen molar-refractivity contribution in [1.82, 2.24) is 14.5 Å². The third kappa shape index (κ3) is 4.12. The van der Waals surface area contributed by atoms with Crippen molar-refractivity contribution in [3.63, 3.8) is 0 Å². The number of hydrogen-bond acceptors (Lipinski definition) is 4. The second-order valence-corrected chi connectivity index (χ2v) is 7.95. The average molecular weight is 347 g/mol. The maximum atomic E-state index is 12.3. The van der Waals surface area contributed by atoms with E-state index in [2.05, 4.69) is 9.88 Å². The van der Waals surface area contributed by atoms with E-state index < -0.39 is 16.9 Å². The fraction of sp³-hybridized carbons (Fsp3) is 0.500. The van der Waals surface area contributed by atoms with Gasteiger partial charge in [0.15, 0.2) is 0 Å². The molecule has 6 heteroatoms. The zero-order chi connectivity index (χ0) is 16.9. The van der Waals surface area contributed by atoms with Crippen LogP contribution in [0.25, 0.3) is 0 Å². The summed E-state index contributed by atoms with van der Waals surface area (Å²) in [6.07, 6.45) is 5.00. The van der Waals surface area contributed by atoms with Crippen LogP contribution in [0, 0.1) is 5.92 Å². The Bertz CT molecular complexity index is 666. The van der Waals surface area contributed by atoms with E-state index in [9.17, 15) is 9.32 Å². The van der Waals surface area contributed by atoms with Crippen LogP contribution in [0.15, 0.2) is 47.6 Å². The SMILES string of the molecule is Cn1ccnc1C(O)C1CCN(CCS(=O)c2ccccc2)CC1. The summed E-state index contributed by atoms with van der Waals surface area (Å²) in [6.45, 7) is 2.73. The van der Waals surface area contributed by atoms with Gasteiger partial charge in [-0.1, -0.05) is 18.2 Å². The van der Waals surface area contributed by atoms with E-state index in [1.54, 1.807) is 6.20 Å². The molecule has 0 saturated carbocycles. The monoisotopic (exact) mass is 347 g/mol. The largest absolute Gasteiger partial charge is 0.385 e. The minimum absolute atomic E-state index is 0.252. The van der Waals surface area contributed by atoms with Gasteiger partial charge >= 0.3 is 0 Å². The summed E-state index contributed by atoms with van der Waals surface area (Å²) in [5.41, 5.74) is 0. The number of aliphatic hydroxyl groups excluding tert-OH is 1. The van der Waals surface area contributed by atoms with E-state index in [0.717, 1.165) is 43.2 Å². The van der Waals surface area contributed by atoms with Crippen LogP contribution in [-0.2, 0) is 17.8 Å². The second kappa shape index (κ2) is 8.05. The first kappa shape index (κ1) is 17.3. The van der Waals surface area contributed by atoms with Gasteiger partial charge in [-0.2, -0.15) is 0 Å². The fourth-order valence-corrected chi connectivity index (χ4v) is 4.39. The first-order chi connectivity index (χ1) is 11.6. The van der Waals surface area contributed by atoms with Gasteiger partial charge in [-0.25, -0.2) is 4.98 Å². The Balaban J connectivity index is 1.45. The predicted octanol–water partition coefficient (Wildman–Crippen LogP) is 1.97. The Morgan fingerprint density at radius 3 is 2.62 bits per heavy atom. The van der Waals surface area contributed by atoms with Crippen LogP contribution in [0.1, 0.15) is 24.8 Å². The molecule has 1 fully saturated rings. The van der Waals surface area contributed by atoms with Crippen molar-refractivity contribution in [2.75, 3.05) is 25.4 Å². The van der Waals surface area contributed by atoms with E-state index >= 15 is 0 Å². The summed E-state index contributed by atoms with van der Waals surface area (Å²) >= 11 is 0. The molecule has 1 aromatic heterocycles. The van der Waals surface area contributed by atoms with Crippen LogP contribution in [0.2, 0.25) is 0 Å². The molecular weight excluding hydrogens is 322 g/mol. The Kier molecular flexibility index (Phi) is 5.81. The molecule has 2 atom stereocenters. The third-order valence-corrected chi connectivity index (χ3v) is 6.15. The summed E-state index contributed by atoms with van der Waals surface area (Å²) in [5.74, 6) is 1.66. The minimum Gasteiger partial charge on any atom is -0.385 e. The molecule has 0 amide bonds. The molecule has 0 bridgehead atoms. The van der Waals surface area contributed by atoms with Crippen LogP contribution in [0.5, 0.6) is 0 Å². The molecule has 5 nitrogen and oxygen atoms in total. The Labute approximate surface area is 145 Å². The van der Waals surface area contributed by atoms with Gasteiger partial charge in [0.2, 0.25) is 0 Å². The summed E-state index contributed by atoms with van der Waals surface area (Å²) in [4.78, 5) is 7.51. The van der Waals surface area contributed by atoms with Crippen LogP contribution in [0.3, 0.4) is 0 Å². The van der Waals surface area contributed by atoms with Crippen molar-refractivity contribution in [2.45, 2.75) is 23.8 Å². The lowest BCUT2D eigenvalue weighted by molar-refractivity contribution is 0.0527. The number of nitrogens with zero attached hydrogens (tertiary/aromatic N) is 3. The normalized spacial score (nSPS) is 19.2. The second-order valence-electron chi connectivity index (χ2n) is 6.38. The van der Waals surface area contributed by atoms with Gasteiger partial charge < -0.3 is 14.6 Å². The highest BCUT2D eigenvalue weighted by molar-refractivity contribution is 7.85. The Morgan fingerprint density at radius 2 is 2.00 bits per heavy atom. The van der Waals surface area contributed by atoms with E-state index in [4.69, 9.17) is 0 Å². The number of aliphatic hydroxyl groups is 1. The molecule has 1 aliphatic heterocycles. The third-order valence-electron chi connectivity index (χ3n) is 4.80. The van der Waals surface area contributed by atoms with Crippen LogP contribution < -0.4 is 0 Å². The van der Waals surface area contributed by atoms with E-state index in [-0.39, 0.29) is 5.92 Å². The lowest BCUT2D eigenvalue weighted by Crippen LogP contribution is -2.38. The predicted molar refractivity (Wildman–Crippen MR) is 95.0 cm³/mol. The number of likely N-dealkylation sites (tertiary alicyclic amines) is 1. The van der Waals surface area contributed by atoms with E-state index in [1.165, 1.54) is 0 Å².